The zero-order valence-electron chi connectivity index (χ0n) is 12.2. The average molecular weight is 316 g/mol. The predicted molar refractivity (Wildman–Crippen MR) is 83.5 cm³/mol. The van der Waals surface area contributed by atoms with Crippen molar-refractivity contribution in [2.45, 2.75) is 25.9 Å². The Kier molecular flexibility index (Phi) is 3.51. The summed E-state index contributed by atoms with van der Waals surface area (Å²) in [6, 6.07) is 7.82. The van der Waals surface area contributed by atoms with Crippen LogP contribution in [0.4, 0.5) is 5.82 Å². The van der Waals surface area contributed by atoms with Gasteiger partial charge in [-0.05, 0) is 43.6 Å². The third kappa shape index (κ3) is 2.51. The Bertz CT molecular complexity index is 845. The molecule has 0 spiro atoms. The van der Waals surface area contributed by atoms with Gasteiger partial charge in [-0.25, -0.2) is 4.98 Å². The van der Waals surface area contributed by atoms with Gasteiger partial charge in [0.05, 0.1) is 24.3 Å². The van der Waals surface area contributed by atoms with E-state index in [0.29, 0.717) is 18.0 Å². The van der Waals surface area contributed by atoms with Crippen molar-refractivity contribution in [3.05, 3.63) is 41.7 Å². The fourth-order valence-electron chi connectivity index (χ4n) is 2.21. The number of hydrogen-bond donors (Lipinski definition) is 1. The minimum Gasteiger partial charge on any atom is -0.467 e. The molecular weight excluding hydrogens is 302 g/mol. The molecule has 0 aliphatic carbocycles. The van der Waals surface area contributed by atoms with Crippen LogP contribution < -0.4 is 5.32 Å². The molecule has 3 rings (SSSR count). The maximum absolute atomic E-state index is 9.32. The molecule has 22 heavy (non-hydrogen) atoms. The number of anilines is 1. The van der Waals surface area contributed by atoms with E-state index < -0.39 is 5.54 Å². The fourth-order valence-corrected chi connectivity index (χ4v) is 2.38. The second kappa shape index (κ2) is 5.35. The standard InChI is InChI=1S/C15H14ClN5O/c1-15(2,9-17)21-6-5-11-12(19-14(16)20-13(11)21)18-8-10-4-3-7-22-10/h3-7H,8H2,1-2H3,(H,18,19,20). The van der Waals surface area contributed by atoms with E-state index in [1.807, 2.05) is 38.2 Å². The average Bonchev–Trinajstić information content (AvgIpc) is 3.13. The lowest BCUT2D eigenvalue weighted by Gasteiger charge is -2.18. The number of aromatic nitrogens is 3. The van der Waals surface area contributed by atoms with Crippen LogP contribution in [0.2, 0.25) is 5.28 Å². The van der Waals surface area contributed by atoms with E-state index in [9.17, 15) is 5.26 Å². The normalized spacial score (nSPS) is 11.5. The smallest absolute Gasteiger partial charge is 0.226 e. The number of nitrogens with zero attached hydrogens (tertiary/aromatic N) is 4. The van der Waals surface area contributed by atoms with Crippen molar-refractivity contribution in [2.75, 3.05) is 5.32 Å². The molecule has 3 heterocycles. The van der Waals surface area contributed by atoms with Gasteiger partial charge < -0.3 is 14.3 Å². The van der Waals surface area contributed by atoms with Gasteiger partial charge in [-0.1, -0.05) is 0 Å². The minimum absolute atomic E-state index is 0.128. The first kappa shape index (κ1) is 14.4. The van der Waals surface area contributed by atoms with Crippen LogP contribution >= 0.6 is 11.6 Å². The van der Waals surface area contributed by atoms with Crippen molar-refractivity contribution in [2.24, 2.45) is 0 Å². The van der Waals surface area contributed by atoms with Gasteiger partial charge in [0.1, 0.15) is 22.8 Å². The Morgan fingerprint density at radius 3 is 2.91 bits per heavy atom. The monoisotopic (exact) mass is 315 g/mol. The van der Waals surface area contributed by atoms with Crippen molar-refractivity contribution < 1.29 is 4.42 Å². The van der Waals surface area contributed by atoms with Crippen LogP contribution in [0.3, 0.4) is 0 Å². The Labute approximate surface area is 132 Å². The highest BCUT2D eigenvalue weighted by Gasteiger charge is 2.23. The van der Waals surface area contributed by atoms with Crippen molar-refractivity contribution >= 4 is 28.5 Å². The molecule has 0 saturated carbocycles. The molecule has 0 saturated heterocycles. The molecule has 0 aliphatic rings. The number of rotatable bonds is 4. The summed E-state index contributed by atoms with van der Waals surface area (Å²) in [6.45, 7) is 4.12. The molecule has 0 unspecified atom stereocenters. The predicted octanol–water partition coefficient (Wildman–Crippen LogP) is 3.55. The second-order valence-corrected chi connectivity index (χ2v) is 5.71. The third-order valence-electron chi connectivity index (χ3n) is 3.40. The summed E-state index contributed by atoms with van der Waals surface area (Å²) in [7, 11) is 0. The van der Waals surface area contributed by atoms with Gasteiger partial charge in [-0.15, -0.1) is 0 Å². The number of nitriles is 1. The fraction of sp³-hybridized carbons (Fsp3) is 0.267. The summed E-state index contributed by atoms with van der Waals surface area (Å²) in [5.74, 6) is 1.40. The summed E-state index contributed by atoms with van der Waals surface area (Å²) in [5, 5.41) is 13.4. The largest absolute Gasteiger partial charge is 0.467 e. The van der Waals surface area contributed by atoms with Gasteiger partial charge in [0.15, 0.2) is 0 Å². The third-order valence-corrected chi connectivity index (χ3v) is 3.57. The van der Waals surface area contributed by atoms with Gasteiger partial charge in [0.2, 0.25) is 5.28 Å². The maximum Gasteiger partial charge on any atom is 0.226 e. The Hall–Kier alpha value is -2.52. The number of fused-ring (bicyclic) bond motifs is 1. The summed E-state index contributed by atoms with van der Waals surface area (Å²) >= 11 is 6.02. The van der Waals surface area contributed by atoms with Crippen LogP contribution in [-0.4, -0.2) is 14.5 Å². The van der Waals surface area contributed by atoms with Crippen molar-refractivity contribution in [1.29, 1.82) is 5.26 Å². The van der Waals surface area contributed by atoms with Crippen LogP contribution in [0.1, 0.15) is 19.6 Å². The molecule has 0 aliphatic heterocycles. The first-order valence-corrected chi connectivity index (χ1v) is 7.11. The van der Waals surface area contributed by atoms with E-state index in [-0.39, 0.29) is 5.28 Å². The first-order chi connectivity index (χ1) is 10.5. The molecule has 3 aromatic rings. The summed E-state index contributed by atoms with van der Waals surface area (Å²) < 4.78 is 7.07. The summed E-state index contributed by atoms with van der Waals surface area (Å²) in [5.41, 5.74) is -0.106. The van der Waals surface area contributed by atoms with Gasteiger partial charge >= 0.3 is 0 Å². The van der Waals surface area contributed by atoms with Crippen LogP contribution in [0.25, 0.3) is 11.0 Å². The van der Waals surface area contributed by atoms with Crippen molar-refractivity contribution in [3.8, 4) is 6.07 Å². The molecule has 0 amide bonds. The molecule has 6 nitrogen and oxygen atoms in total. The van der Waals surface area contributed by atoms with Gasteiger partial charge in [-0.3, -0.25) is 0 Å². The molecule has 0 atom stereocenters. The molecule has 0 fully saturated rings. The van der Waals surface area contributed by atoms with E-state index in [1.165, 1.54) is 0 Å². The van der Waals surface area contributed by atoms with Crippen molar-refractivity contribution in [1.82, 2.24) is 14.5 Å². The lowest BCUT2D eigenvalue weighted by Crippen LogP contribution is -2.23. The highest BCUT2D eigenvalue weighted by molar-refractivity contribution is 6.28. The minimum atomic E-state index is -0.724. The van der Waals surface area contributed by atoms with E-state index in [1.54, 1.807) is 10.8 Å². The van der Waals surface area contributed by atoms with Crippen LogP contribution in [0.5, 0.6) is 0 Å². The maximum atomic E-state index is 9.32. The Morgan fingerprint density at radius 2 is 2.23 bits per heavy atom. The number of halogens is 1. The van der Waals surface area contributed by atoms with E-state index >= 15 is 0 Å². The van der Waals surface area contributed by atoms with E-state index in [2.05, 4.69) is 21.4 Å². The molecule has 0 bridgehead atoms. The number of hydrogen-bond acceptors (Lipinski definition) is 5. The van der Waals surface area contributed by atoms with Gasteiger partial charge in [0, 0.05) is 6.20 Å². The quantitative estimate of drug-likeness (QED) is 0.745. The topological polar surface area (TPSA) is 79.7 Å². The molecule has 1 N–H and O–H groups in total. The lowest BCUT2D eigenvalue weighted by molar-refractivity contribution is 0.482. The second-order valence-electron chi connectivity index (χ2n) is 5.37. The zero-order chi connectivity index (χ0) is 15.7. The molecular formula is C15H14ClN5O. The number of nitrogens with one attached hydrogen (secondary N) is 1. The lowest BCUT2D eigenvalue weighted by atomic mass is 10.1. The van der Waals surface area contributed by atoms with Crippen LogP contribution in [0.15, 0.2) is 35.1 Å². The highest BCUT2D eigenvalue weighted by Crippen LogP contribution is 2.28. The zero-order valence-corrected chi connectivity index (χ0v) is 12.9. The summed E-state index contributed by atoms with van der Waals surface area (Å²) in [4.78, 5) is 8.49. The number of furan rings is 1. The first-order valence-electron chi connectivity index (χ1n) is 6.74. The van der Waals surface area contributed by atoms with Crippen molar-refractivity contribution in [3.63, 3.8) is 0 Å². The highest BCUT2D eigenvalue weighted by atomic mass is 35.5. The molecule has 3 aromatic heterocycles. The summed E-state index contributed by atoms with van der Waals surface area (Å²) in [6.07, 6.45) is 3.43. The van der Waals surface area contributed by atoms with Gasteiger partial charge in [-0.2, -0.15) is 10.2 Å². The van der Waals surface area contributed by atoms with Crippen LogP contribution in [-0.2, 0) is 12.1 Å². The Balaban J connectivity index is 2.03. The van der Waals surface area contributed by atoms with Crippen LogP contribution in [0, 0.1) is 11.3 Å². The molecule has 0 radical (unpaired) electrons. The molecule has 0 aromatic carbocycles. The SMILES string of the molecule is CC(C)(C#N)n1ccc2c(NCc3ccco3)nc(Cl)nc21. The molecule has 112 valence electrons. The Morgan fingerprint density at radius 1 is 1.41 bits per heavy atom. The van der Waals surface area contributed by atoms with Gasteiger partial charge in [0.25, 0.3) is 0 Å². The molecule has 7 heteroatoms. The van der Waals surface area contributed by atoms with E-state index in [0.717, 1.165) is 11.1 Å². The van der Waals surface area contributed by atoms with E-state index in [4.69, 9.17) is 16.0 Å².